The van der Waals surface area contributed by atoms with Crippen molar-refractivity contribution in [1.82, 2.24) is 5.32 Å². The SMILES string of the molecule is CC(C(=O)NC1CCCC1)S(=O)(=O)c1ccc2ccccc2c1. The molecule has 1 saturated carbocycles. The molecule has 1 aliphatic rings. The van der Waals surface area contributed by atoms with E-state index in [9.17, 15) is 13.2 Å². The third kappa shape index (κ3) is 3.24. The van der Waals surface area contributed by atoms with E-state index in [1.54, 1.807) is 18.2 Å². The molecule has 122 valence electrons. The number of carbonyl (C=O) groups excluding carboxylic acids is 1. The Hall–Kier alpha value is -1.88. The van der Waals surface area contributed by atoms with E-state index in [1.165, 1.54) is 6.92 Å². The predicted molar refractivity (Wildman–Crippen MR) is 91.0 cm³/mol. The largest absolute Gasteiger partial charge is 0.352 e. The van der Waals surface area contributed by atoms with E-state index in [0.29, 0.717) is 0 Å². The summed E-state index contributed by atoms with van der Waals surface area (Å²) in [5.74, 6) is -0.398. The first-order valence-corrected chi connectivity index (χ1v) is 9.56. The molecule has 5 heteroatoms. The van der Waals surface area contributed by atoms with Crippen LogP contribution >= 0.6 is 0 Å². The van der Waals surface area contributed by atoms with Gasteiger partial charge in [-0.15, -0.1) is 0 Å². The minimum absolute atomic E-state index is 0.122. The van der Waals surface area contributed by atoms with Crippen molar-refractivity contribution in [3.63, 3.8) is 0 Å². The average Bonchev–Trinajstić information content (AvgIpc) is 3.06. The molecule has 1 unspecified atom stereocenters. The first-order chi connectivity index (χ1) is 11.0. The quantitative estimate of drug-likeness (QED) is 0.936. The zero-order valence-electron chi connectivity index (χ0n) is 13.2. The van der Waals surface area contributed by atoms with Crippen molar-refractivity contribution in [3.05, 3.63) is 42.5 Å². The van der Waals surface area contributed by atoms with Gasteiger partial charge in [-0.05, 0) is 42.7 Å². The van der Waals surface area contributed by atoms with E-state index >= 15 is 0 Å². The van der Waals surface area contributed by atoms with Gasteiger partial charge in [0.1, 0.15) is 5.25 Å². The lowest BCUT2D eigenvalue weighted by atomic mass is 10.1. The van der Waals surface area contributed by atoms with Gasteiger partial charge in [0.2, 0.25) is 5.91 Å². The topological polar surface area (TPSA) is 63.2 Å². The molecule has 3 rings (SSSR count). The summed E-state index contributed by atoms with van der Waals surface area (Å²) in [7, 11) is -3.68. The first kappa shape index (κ1) is 16.0. The standard InChI is InChI=1S/C18H21NO3S/c1-13(18(20)19-16-8-4-5-9-16)23(21,22)17-11-10-14-6-2-3-7-15(14)12-17/h2-3,6-7,10-13,16H,4-5,8-9H2,1H3,(H,19,20). The highest BCUT2D eigenvalue weighted by molar-refractivity contribution is 7.92. The van der Waals surface area contributed by atoms with Gasteiger partial charge in [0.25, 0.3) is 0 Å². The highest BCUT2D eigenvalue weighted by Crippen LogP contribution is 2.23. The highest BCUT2D eigenvalue weighted by atomic mass is 32.2. The first-order valence-electron chi connectivity index (χ1n) is 8.01. The number of nitrogens with one attached hydrogen (secondary N) is 1. The summed E-state index contributed by atoms with van der Waals surface area (Å²) in [6.45, 7) is 1.47. The summed E-state index contributed by atoms with van der Waals surface area (Å²) in [6, 6.07) is 12.7. The van der Waals surface area contributed by atoms with Gasteiger partial charge in [-0.2, -0.15) is 0 Å². The van der Waals surface area contributed by atoms with Gasteiger partial charge < -0.3 is 5.32 Å². The number of rotatable bonds is 4. The van der Waals surface area contributed by atoms with Crippen molar-refractivity contribution in [3.8, 4) is 0 Å². The smallest absolute Gasteiger partial charge is 0.238 e. The molecule has 2 aromatic carbocycles. The second kappa shape index (κ2) is 6.32. The van der Waals surface area contributed by atoms with Gasteiger partial charge in [-0.3, -0.25) is 4.79 Å². The van der Waals surface area contributed by atoms with Crippen molar-refractivity contribution in [1.29, 1.82) is 0 Å². The fourth-order valence-corrected chi connectivity index (χ4v) is 4.39. The Morgan fingerprint density at radius 1 is 1.09 bits per heavy atom. The van der Waals surface area contributed by atoms with Crippen molar-refractivity contribution >= 4 is 26.5 Å². The van der Waals surface area contributed by atoms with Crippen LogP contribution in [0.5, 0.6) is 0 Å². The minimum Gasteiger partial charge on any atom is -0.352 e. The number of carbonyl (C=O) groups is 1. The maximum atomic E-state index is 12.7. The maximum absolute atomic E-state index is 12.7. The molecule has 0 heterocycles. The molecule has 2 aromatic rings. The average molecular weight is 331 g/mol. The molecule has 0 radical (unpaired) electrons. The molecule has 0 spiro atoms. The second-order valence-corrected chi connectivity index (χ2v) is 8.45. The number of hydrogen-bond acceptors (Lipinski definition) is 3. The minimum atomic E-state index is -3.68. The van der Waals surface area contributed by atoms with Crippen LogP contribution in [0.15, 0.2) is 47.4 Å². The number of amides is 1. The Balaban J connectivity index is 1.84. The van der Waals surface area contributed by atoms with E-state index in [-0.39, 0.29) is 10.9 Å². The van der Waals surface area contributed by atoms with Crippen LogP contribution in [0.1, 0.15) is 32.6 Å². The van der Waals surface area contributed by atoms with Gasteiger partial charge in [0, 0.05) is 6.04 Å². The summed E-state index contributed by atoms with van der Waals surface area (Å²) < 4.78 is 25.5. The highest BCUT2D eigenvalue weighted by Gasteiger charge is 2.31. The number of benzene rings is 2. The Morgan fingerprint density at radius 2 is 1.74 bits per heavy atom. The number of sulfone groups is 1. The molecule has 0 aromatic heterocycles. The van der Waals surface area contributed by atoms with E-state index in [1.807, 2.05) is 24.3 Å². The van der Waals surface area contributed by atoms with Crippen molar-refractivity contribution in [2.24, 2.45) is 0 Å². The lowest BCUT2D eigenvalue weighted by molar-refractivity contribution is -0.121. The Labute approximate surface area is 136 Å². The summed E-state index contributed by atoms with van der Waals surface area (Å²) in [5.41, 5.74) is 0. The van der Waals surface area contributed by atoms with Crippen molar-refractivity contribution in [2.75, 3.05) is 0 Å². The van der Waals surface area contributed by atoms with Gasteiger partial charge in [0.15, 0.2) is 9.84 Å². The van der Waals surface area contributed by atoms with Crippen LogP contribution in [-0.4, -0.2) is 25.6 Å². The lowest BCUT2D eigenvalue weighted by Crippen LogP contribution is -2.42. The fourth-order valence-electron chi connectivity index (χ4n) is 3.08. The summed E-state index contributed by atoms with van der Waals surface area (Å²) in [5, 5.41) is 3.63. The second-order valence-electron chi connectivity index (χ2n) is 6.19. The molecule has 1 aliphatic carbocycles. The molecule has 1 N–H and O–H groups in total. The lowest BCUT2D eigenvalue weighted by Gasteiger charge is -2.17. The zero-order chi connectivity index (χ0) is 16.4. The summed E-state index contributed by atoms with van der Waals surface area (Å²) in [6.07, 6.45) is 4.07. The molecular formula is C18H21NO3S. The van der Waals surface area contributed by atoms with E-state index < -0.39 is 21.0 Å². The molecule has 1 amide bonds. The fraction of sp³-hybridized carbons (Fsp3) is 0.389. The van der Waals surface area contributed by atoms with Gasteiger partial charge in [0.05, 0.1) is 4.90 Å². The zero-order valence-corrected chi connectivity index (χ0v) is 14.0. The Bertz CT molecular complexity index is 823. The third-order valence-corrected chi connectivity index (χ3v) is 6.64. The van der Waals surface area contributed by atoms with Crippen LogP contribution in [0.4, 0.5) is 0 Å². The van der Waals surface area contributed by atoms with E-state index in [4.69, 9.17) is 0 Å². The van der Waals surface area contributed by atoms with Crippen LogP contribution < -0.4 is 5.32 Å². The molecule has 0 aliphatic heterocycles. The van der Waals surface area contributed by atoms with Crippen LogP contribution in [0, 0.1) is 0 Å². The Morgan fingerprint density at radius 3 is 2.43 bits per heavy atom. The normalized spacial score (nSPS) is 17.3. The molecule has 23 heavy (non-hydrogen) atoms. The molecule has 1 fully saturated rings. The number of hydrogen-bond donors (Lipinski definition) is 1. The van der Waals surface area contributed by atoms with Gasteiger partial charge in [-0.1, -0.05) is 43.2 Å². The molecular weight excluding hydrogens is 310 g/mol. The summed E-state index contributed by atoms with van der Waals surface area (Å²) >= 11 is 0. The van der Waals surface area contributed by atoms with Crippen LogP contribution in [0.25, 0.3) is 10.8 Å². The molecule has 1 atom stereocenters. The van der Waals surface area contributed by atoms with Crippen LogP contribution in [-0.2, 0) is 14.6 Å². The molecule has 0 bridgehead atoms. The maximum Gasteiger partial charge on any atom is 0.238 e. The van der Waals surface area contributed by atoms with Crippen molar-refractivity contribution in [2.45, 2.75) is 48.8 Å². The van der Waals surface area contributed by atoms with Crippen molar-refractivity contribution < 1.29 is 13.2 Å². The van der Waals surface area contributed by atoms with Gasteiger partial charge in [-0.25, -0.2) is 8.42 Å². The van der Waals surface area contributed by atoms with E-state index in [2.05, 4.69) is 5.32 Å². The predicted octanol–water partition coefficient (Wildman–Crippen LogP) is 3.06. The monoisotopic (exact) mass is 331 g/mol. The van der Waals surface area contributed by atoms with Gasteiger partial charge >= 0.3 is 0 Å². The van der Waals surface area contributed by atoms with E-state index in [0.717, 1.165) is 36.5 Å². The Kier molecular flexibility index (Phi) is 4.39. The van der Waals surface area contributed by atoms with Crippen LogP contribution in [0.2, 0.25) is 0 Å². The van der Waals surface area contributed by atoms with Crippen LogP contribution in [0.3, 0.4) is 0 Å². The molecule has 0 saturated heterocycles. The summed E-state index contributed by atoms with van der Waals surface area (Å²) in [4.78, 5) is 12.5. The number of fused-ring (bicyclic) bond motifs is 1. The molecule has 4 nitrogen and oxygen atoms in total. The third-order valence-electron chi connectivity index (χ3n) is 4.59.